The van der Waals surface area contributed by atoms with Crippen molar-refractivity contribution >= 4 is 11.9 Å². The lowest BCUT2D eigenvalue weighted by Gasteiger charge is -2.13. The number of amides is 1. The molecule has 0 spiro atoms. The van der Waals surface area contributed by atoms with Crippen molar-refractivity contribution in [3.8, 4) is 22.6 Å². The van der Waals surface area contributed by atoms with Crippen molar-refractivity contribution in [1.29, 1.82) is 0 Å². The topological polar surface area (TPSA) is 96.9 Å². The van der Waals surface area contributed by atoms with Crippen molar-refractivity contribution in [1.82, 2.24) is 20.9 Å². The number of ether oxygens (including phenoxy) is 2. The summed E-state index contributed by atoms with van der Waals surface area (Å²) in [5, 5.41) is 9.52. The number of aromatic nitrogens is 1. The monoisotopic (exact) mass is 459 g/mol. The highest BCUT2D eigenvalue weighted by Gasteiger charge is 2.12. The summed E-state index contributed by atoms with van der Waals surface area (Å²) in [6, 6.07) is 15.4. The van der Waals surface area contributed by atoms with Gasteiger partial charge in [-0.15, -0.1) is 0 Å². The molecular weight excluding hydrogens is 430 g/mol. The molecule has 3 N–H and O–H groups in total. The first-order chi connectivity index (χ1) is 16.5. The fourth-order valence-electron chi connectivity index (χ4n) is 3.77. The standard InChI is InChI=1S/C26H29N5O3/c1-17-8-20(4-5-27-17)21-9-18(16-31-26-28-6-7-29-26)10-22(13-21)25(32)30-15-19-11-23(33-2)14-24(12-19)34-3/h4-5,8-14H,6-7,15-16H2,1-3H3,(H,30,32)(H2,28,29,31). The number of aryl methyl sites for hydroxylation is 1. The van der Waals surface area contributed by atoms with Crippen LogP contribution in [0.3, 0.4) is 0 Å². The maximum absolute atomic E-state index is 13.1. The summed E-state index contributed by atoms with van der Waals surface area (Å²) < 4.78 is 10.7. The van der Waals surface area contributed by atoms with Crippen LogP contribution in [0.5, 0.6) is 11.5 Å². The van der Waals surface area contributed by atoms with Gasteiger partial charge in [-0.1, -0.05) is 0 Å². The highest BCUT2D eigenvalue weighted by atomic mass is 16.5. The van der Waals surface area contributed by atoms with Gasteiger partial charge in [-0.2, -0.15) is 0 Å². The average Bonchev–Trinajstić information content (AvgIpc) is 3.39. The number of guanidine groups is 1. The molecule has 0 unspecified atom stereocenters. The maximum Gasteiger partial charge on any atom is 0.251 e. The SMILES string of the molecule is COc1cc(CNC(=O)c2cc(CNC3=NCCN3)cc(-c3ccnc(C)c3)c2)cc(OC)c1. The fourth-order valence-corrected chi connectivity index (χ4v) is 3.77. The number of pyridine rings is 1. The Kier molecular flexibility index (Phi) is 7.27. The Morgan fingerprint density at radius 1 is 0.971 bits per heavy atom. The Bertz CT molecular complexity index is 1190. The van der Waals surface area contributed by atoms with E-state index >= 15 is 0 Å². The fraction of sp³-hybridized carbons (Fsp3) is 0.269. The number of rotatable bonds is 8. The third-order valence-corrected chi connectivity index (χ3v) is 5.48. The molecule has 176 valence electrons. The normalized spacial score (nSPS) is 12.5. The quantitative estimate of drug-likeness (QED) is 0.479. The Hall–Kier alpha value is -4.07. The van der Waals surface area contributed by atoms with E-state index in [-0.39, 0.29) is 5.91 Å². The van der Waals surface area contributed by atoms with Gasteiger partial charge in [0, 0.05) is 43.2 Å². The number of methoxy groups -OCH3 is 2. The van der Waals surface area contributed by atoms with Gasteiger partial charge >= 0.3 is 0 Å². The van der Waals surface area contributed by atoms with Crippen LogP contribution >= 0.6 is 0 Å². The molecule has 2 heterocycles. The minimum atomic E-state index is -0.160. The number of carbonyl (C=O) groups excluding carboxylic acids is 1. The van der Waals surface area contributed by atoms with E-state index in [1.807, 2.05) is 43.3 Å². The van der Waals surface area contributed by atoms with Crippen LogP contribution in [0.25, 0.3) is 11.1 Å². The van der Waals surface area contributed by atoms with E-state index in [2.05, 4.69) is 32.0 Å². The van der Waals surface area contributed by atoms with E-state index in [9.17, 15) is 4.79 Å². The van der Waals surface area contributed by atoms with E-state index in [1.54, 1.807) is 26.5 Å². The smallest absolute Gasteiger partial charge is 0.251 e. The van der Waals surface area contributed by atoms with E-state index in [4.69, 9.17) is 9.47 Å². The Labute approximate surface area is 199 Å². The molecule has 4 rings (SSSR count). The van der Waals surface area contributed by atoms with Gasteiger partial charge in [0.25, 0.3) is 5.91 Å². The summed E-state index contributed by atoms with van der Waals surface area (Å²) in [7, 11) is 3.21. The lowest BCUT2D eigenvalue weighted by atomic mass is 9.99. The van der Waals surface area contributed by atoms with Gasteiger partial charge in [-0.25, -0.2) is 0 Å². The van der Waals surface area contributed by atoms with Crippen molar-refractivity contribution in [2.45, 2.75) is 20.0 Å². The van der Waals surface area contributed by atoms with Crippen LogP contribution < -0.4 is 25.4 Å². The van der Waals surface area contributed by atoms with Crippen LogP contribution in [0, 0.1) is 6.92 Å². The second kappa shape index (κ2) is 10.7. The van der Waals surface area contributed by atoms with Crippen LogP contribution in [0.1, 0.15) is 27.2 Å². The lowest BCUT2D eigenvalue weighted by molar-refractivity contribution is 0.0950. The Morgan fingerprint density at radius 2 is 1.74 bits per heavy atom. The molecule has 1 aliphatic rings. The molecule has 0 radical (unpaired) electrons. The molecule has 0 fully saturated rings. The van der Waals surface area contributed by atoms with Crippen LogP contribution in [0.4, 0.5) is 0 Å². The number of benzene rings is 2. The molecular formula is C26H29N5O3. The van der Waals surface area contributed by atoms with Gasteiger partial charge in [0.1, 0.15) is 11.5 Å². The first kappa shape index (κ1) is 23.1. The van der Waals surface area contributed by atoms with Gasteiger partial charge in [0.15, 0.2) is 5.96 Å². The minimum Gasteiger partial charge on any atom is -0.497 e. The van der Waals surface area contributed by atoms with Gasteiger partial charge in [-0.05, 0) is 71.6 Å². The number of nitrogens with one attached hydrogen (secondary N) is 3. The van der Waals surface area contributed by atoms with Crippen LogP contribution in [0.2, 0.25) is 0 Å². The minimum absolute atomic E-state index is 0.160. The predicted molar refractivity (Wildman–Crippen MR) is 132 cm³/mol. The second-order valence-electron chi connectivity index (χ2n) is 8.02. The zero-order valence-electron chi connectivity index (χ0n) is 19.6. The highest BCUT2D eigenvalue weighted by molar-refractivity contribution is 5.95. The predicted octanol–water partition coefficient (Wildman–Crippen LogP) is 3.05. The van der Waals surface area contributed by atoms with Crippen molar-refractivity contribution in [2.75, 3.05) is 27.3 Å². The molecule has 8 heteroatoms. The largest absolute Gasteiger partial charge is 0.497 e. The van der Waals surface area contributed by atoms with Crippen LogP contribution in [0.15, 0.2) is 59.7 Å². The Morgan fingerprint density at radius 3 is 2.41 bits per heavy atom. The van der Waals surface area contributed by atoms with Crippen LogP contribution in [-0.2, 0) is 13.1 Å². The molecule has 8 nitrogen and oxygen atoms in total. The molecule has 0 saturated carbocycles. The molecule has 2 aromatic carbocycles. The summed E-state index contributed by atoms with van der Waals surface area (Å²) in [5.41, 5.74) is 5.34. The third kappa shape index (κ3) is 5.83. The first-order valence-electron chi connectivity index (χ1n) is 11.1. The van der Waals surface area contributed by atoms with Crippen molar-refractivity contribution in [2.24, 2.45) is 4.99 Å². The summed E-state index contributed by atoms with van der Waals surface area (Å²) in [6.45, 7) is 4.45. The van der Waals surface area contributed by atoms with E-state index < -0.39 is 0 Å². The summed E-state index contributed by atoms with van der Waals surface area (Å²) in [5.74, 6) is 1.97. The van der Waals surface area contributed by atoms with Crippen LogP contribution in [-0.4, -0.2) is 44.2 Å². The molecule has 0 aliphatic carbocycles. The average molecular weight is 460 g/mol. The molecule has 0 bridgehead atoms. The van der Waals surface area contributed by atoms with Gasteiger partial charge in [0.2, 0.25) is 0 Å². The summed E-state index contributed by atoms with van der Waals surface area (Å²) >= 11 is 0. The Balaban J connectivity index is 1.57. The van der Waals surface area contributed by atoms with Crippen molar-refractivity contribution in [3.63, 3.8) is 0 Å². The maximum atomic E-state index is 13.1. The zero-order chi connectivity index (χ0) is 23.9. The highest BCUT2D eigenvalue weighted by Crippen LogP contribution is 2.24. The number of hydrogen-bond acceptors (Lipinski definition) is 7. The second-order valence-corrected chi connectivity index (χ2v) is 8.02. The van der Waals surface area contributed by atoms with E-state index in [0.29, 0.717) is 30.2 Å². The van der Waals surface area contributed by atoms with Gasteiger partial charge in [-0.3, -0.25) is 14.8 Å². The molecule has 3 aromatic rings. The number of aliphatic imine (C=N–C) groups is 1. The number of nitrogens with zero attached hydrogens (tertiary/aromatic N) is 2. The molecule has 0 atom stereocenters. The third-order valence-electron chi connectivity index (χ3n) is 5.48. The number of hydrogen-bond donors (Lipinski definition) is 3. The summed E-state index contributed by atoms with van der Waals surface area (Å²) in [6.07, 6.45) is 1.78. The molecule has 34 heavy (non-hydrogen) atoms. The van der Waals surface area contributed by atoms with Gasteiger partial charge in [0.05, 0.1) is 20.8 Å². The zero-order valence-corrected chi connectivity index (χ0v) is 19.6. The van der Waals surface area contributed by atoms with Crippen molar-refractivity contribution in [3.05, 3.63) is 77.1 Å². The number of carbonyl (C=O) groups is 1. The van der Waals surface area contributed by atoms with Crippen molar-refractivity contribution < 1.29 is 14.3 Å². The molecule has 1 aromatic heterocycles. The molecule has 1 amide bonds. The lowest BCUT2D eigenvalue weighted by Crippen LogP contribution is -2.33. The van der Waals surface area contributed by atoms with E-state index in [0.717, 1.165) is 47.0 Å². The summed E-state index contributed by atoms with van der Waals surface area (Å²) in [4.78, 5) is 21.8. The first-order valence-corrected chi connectivity index (χ1v) is 11.1. The van der Waals surface area contributed by atoms with Gasteiger partial charge < -0.3 is 25.4 Å². The van der Waals surface area contributed by atoms with E-state index in [1.165, 1.54) is 0 Å². The molecule has 1 aliphatic heterocycles. The molecule has 0 saturated heterocycles.